The molecule has 1 spiro atoms. The Balaban J connectivity index is 2.09. The second-order valence-corrected chi connectivity index (χ2v) is 5.63. The normalized spacial score (nSPS) is 34.5. The van der Waals surface area contributed by atoms with Crippen molar-refractivity contribution >= 4 is 0 Å². The monoisotopic (exact) mass is 199 g/mol. The van der Waals surface area contributed by atoms with Gasteiger partial charge in [-0.15, -0.1) is 0 Å². The Bertz CT molecular complexity index is 221. The third-order valence-electron chi connectivity index (χ3n) is 3.32. The molecule has 0 saturated carbocycles. The zero-order valence-corrected chi connectivity index (χ0v) is 9.59. The molecule has 3 heteroatoms. The maximum atomic E-state index is 5.86. The van der Waals surface area contributed by atoms with Gasteiger partial charge < -0.3 is 9.47 Å². The van der Waals surface area contributed by atoms with Gasteiger partial charge in [0.25, 0.3) is 0 Å². The average molecular weight is 199 g/mol. The Morgan fingerprint density at radius 2 is 1.86 bits per heavy atom. The summed E-state index contributed by atoms with van der Waals surface area (Å²) in [6, 6.07) is 0.514. The molecule has 0 aromatic rings. The summed E-state index contributed by atoms with van der Waals surface area (Å²) in [5.41, 5.74) is 0.0550. The number of hydrogen-bond acceptors (Lipinski definition) is 3. The van der Waals surface area contributed by atoms with Crippen molar-refractivity contribution in [1.29, 1.82) is 0 Å². The molecule has 0 aromatic carbocycles. The fourth-order valence-electron chi connectivity index (χ4n) is 2.46. The van der Waals surface area contributed by atoms with E-state index in [4.69, 9.17) is 9.47 Å². The van der Waals surface area contributed by atoms with Crippen LogP contribution in [0, 0.1) is 11.3 Å². The van der Waals surface area contributed by atoms with Gasteiger partial charge in [0.15, 0.2) is 5.72 Å². The first-order valence-electron chi connectivity index (χ1n) is 5.45. The molecule has 1 N–H and O–H groups in total. The van der Waals surface area contributed by atoms with Gasteiger partial charge in [-0.05, 0) is 5.92 Å². The van der Waals surface area contributed by atoms with Crippen molar-refractivity contribution in [2.45, 2.75) is 39.5 Å². The molecule has 0 amide bonds. The van der Waals surface area contributed by atoms with E-state index < -0.39 is 0 Å². The van der Waals surface area contributed by atoms with Gasteiger partial charge in [-0.2, -0.15) is 0 Å². The molecule has 14 heavy (non-hydrogen) atoms. The predicted octanol–water partition coefficient (Wildman–Crippen LogP) is 1.38. The van der Waals surface area contributed by atoms with Crippen molar-refractivity contribution < 1.29 is 9.47 Å². The Kier molecular flexibility index (Phi) is 2.37. The van der Waals surface area contributed by atoms with Crippen LogP contribution in [0.15, 0.2) is 0 Å². The summed E-state index contributed by atoms with van der Waals surface area (Å²) in [7, 11) is 0. The van der Waals surface area contributed by atoms with E-state index in [9.17, 15) is 0 Å². The summed E-state index contributed by atoms with van der Waals surface area (Å²) in [6.45, 7) is 11.3. The van der Waals surface area contributed by atoms with Crippen molar-refractivity contribution in [2.75, 3.05) is 19.8 Å². The Hall–Kier alpha value is -0.120. The lowest BCUT2D eigenvalue weighted by atomic mass is 9.77. The Labute approximate surface area is 86.2 Å². The minimum atomic E-state index is -0.162. The molecule has 82 valence electrons. The van der Waals surface area contributed by atoms with Crippen molar-refractivity contribution in [3.8, 4) is 0 Å². The van der Waals surface area contributed by atoms with Crippen molar-refractivity contribution in [3.63, 3.8) is 0 Å². The maximum Gasteiger partial charge on any atom is 0.166 e. The molecule has 3 nitrogen and oxygen atoms in total. The van der Waals surface area contributed by atoms with Crippen LogP contribution >= 0.6 is 0 Å². The van der Waals surface area contributed by atoms with E-state index >= 15 is 0 Å². The number of nitrogens with one attached hydrogen (secondary N) is 1. The minimum Gasteiger partial charge on any atom is -0.372 e. The quantitative estimate of drug-likeness (QED) is 0.692. The standard InChI is InChI=1S/C11H21NO2/c1-8(2)9-10(3,4)5-14-11(12-9)6-13-7-11/h8-9,12H,5-7H2,1-4H3. The van der Waals surface area contributed by atoms with Crippen LogP contribution in [-0.2, 0) is 9.47 Å². The topological polar surface area (TPSA) is 30.5 Å². The molecule has 1 unspecified atom stereocenters. The SMILES string of the molecule is CC(C)C1NC2(COC2)OCC1(C)C. The van der Waals surface area contributed by atoms with E-state index in [1.165, 1.54) is 0 Å². The van der Waals surface area contributed by atoms with Crippen LogP contribution in [0.2, 0.25) is 0 Å². The summed E-state index contributed by atoms with van der Waals surface area (Å²) in [5, 5.41) is 3.61. The van der Waals surface area contributed by atoms with Gasteiger partial charge in [0, 0.05) is 11.5 Å². The van der Waals surface area contributed by atoms with Crippen LogP contribution in [0.5, 0.6) is 0 Å². The predicted molar refractivity (Wildman–Crippen MR) is 55.0 cm³/mol. The molecule has 0 radical (unpaired) electrons. The first kappa shape index (κ1) is 10.4. The van der Waals surface area contributed by atoms with E-state index in [1.807, 2.05) is 0 Å². The third-order valence-corrected chi connectivity index (χ3v) is 3.32. The molecule has 1 atom stereocenters. The fourth-order valence-corrected chi connectivity index (χ4v) is 2.46. The van der Waals surface area contributed by atoms with Gasteiger partial charge >= 0.3 is 0 Å². The molecule has 0 aliphatic carbocycles. The number of rotatable bonds is 1. The molecule has 0 bridgehead atoms. The van der Waals surface area contributed by atoms with Crippen molar-refractivity contribution in [2.24, 2.45) is 11.3 Å². The van der Waals surface area contributed by atoms with Gasteiger partial charge in [0.2, 0.25) is 0 Å². The van der Waals surface area contributed by atoms with Crippen LogP contribution in [0.3, 0.4) is 0 Å². The highest BCUT2D eigenvalue weighted by Gasteiger charge is 2.50. The molecule has 2 aliphatic heterocycles. The average Bonchev–Trinajstić information content (AvgIpc) is 2.00. The van der Waals surface area contributed by atoms with Crippen molar-refractivity contribution in [3.05, 3.63) is 0 Å². The first-order valence-corrected chi connectivity index (χ1v) is 5.45. The molecule has 0 aromatic heterocycles. The molecular formula is C11H21NO2. The first-order chi connectivity index (χ1) is 6.45. The summed E-state index contributed by atoms with van der Waals surface area (Å²) < 4.78 is 11.1. The number of ether oxygens (including phenoxy) is 2. The maximum absolute atomic E-state index is 5.86. The van der Waals surface area contributed by atoms with Gasteiger partial charge in [-0.1, -0.05) is 27.7 Å². The minimum absolute atomic E-state index is 0.162. The highest BCUT2D eigenvalue weighted by Crippen LogP contribution is 2.36. The lowest BCUT2D eigenvalue weighted by molar-refractivity contribution is -0.271. The fraction of sp³-hybridized carbons (Fsp3) is 1.00. The zero-order valence-electron chi connectivity index (χ0n) is 9.59. The van der Waals surface area contributed by atoms with Gasteiger partial charge in [-0.25, -0.2) is 0 Å². The molecule has 2 rings (SSSR count). The number of hydrogen-bond donors (Lipinski definition) is 1. The van der Waals surface area contributed by atoms with Gasteiger partial charge in [0.1, 0.15) is 0 Å². The Morgan fingerprint density at radius 3 is 2.29 bits per heavy atom. The highest BCUT2D eigenvalue weighted by atomic mass is 16.6. The van der Waals surface area contributed by atoms with E-state index in [1.54, 1.807) is 0 Å². The third kappa shape index (κ3) is 1.58. The molecule has 2 saturated heterocycles. The van der Waals surface area contributed by atoms with Crippen LogP contribution in [0.25, 0.3) is 0 Å². The highest BCUT2D eigenvalue weighted by molar-refractivity contribution is 4.99. The summed E-state index contributed by atoms with van der Waals surface area (Å²) >= 11 is 0. The van der Waals surface area contributed by atoms with E-state index in [0.717, 1.165) is 6.61 Å². The molecule has 2 fully saturated rings. The second-order valence-electron chi connectivity index (χ2n) is 5.63. The smallest absolute Gasteiger partial charge is 0.166 e. The van der Waals surface area contributed by atoms with E-state index in [0.29, 0.717) is 25.2 Å². The molecule has 2 aliphatic rings. The largest absolute Gasteiger partial charge is 0.372 e. The zero-order chi connectivity index (χ0) is 10.4. The van der Waals surface area contributed by atoms with Crippen molar-refractivity contribution in [1.82, 2.24) is 5.32 Å². The second kappa shape index (κ2) is 3.19. The van der Waals surface area contributed by atoms with Crippen LogP contribution < -0.4 is 5.32 Å². The molecular weight excluding hydrogens is 178 g/mol. The van der Waals surface area contributed by atoms with Crippen LogP contribution in [0.1, 0.15) is 27.7 Å². The lowest BCUT2D eigenvalue weighted by Crippen LogP contribution is -2.72. The van der Waals surface area contributed by atoms with Gasteiger partial charge in [0.05, 0.1) is 19.8 Å². The summed E-state index contributed by atoms with van der Waals surface area (Å²) in [6.07, 6.45) is 0. The van der Waals surface area contributed by atoms with Gasteiger partial charge in [-0.3, -0.25) is 5.32 Å². The lowest BCUT2D eigenvalue weighted by Gasteiger charge is -2.54. The van der Waals surface area contributed by atoms with Crippen LogP contribution in [-0.4, -0.2) is 31.6 Å². The van der Waals surface area contributed by atoms with E-state index in [-0.39, 0.29) is 11.1 Å². The van der Waals surface area contributed by atoms with E-state index in [2.05, 4.69) is 33.0 Å². The molecule has 2 heterocycles. The summed E-state index contributed by atoms with van der Waals surface area (Å²) in [4.78, 5) is 0. The Morgan fingerprint density at radius 1 is 1.21 bits per heavy atom. The van der Waals surface area contributed by atoms with Crippen LogP contribution in [0.4, 0.5) is 0 Å². The summed E-state index contributed by atoms with van der Waals surface area (Å²) in [5.74, 6) is 0.631.